The van der Waals surface area contributed by atoms with Crippen LogP contribution < -0.4 is 5.32 Å². The summed E-state index contributed by atoms with van der Waals surface area (Å²) < 4.78 is 7.42. The van der Waals surface area contributed by atoms with Gasteiger partial charge in [0.25, 0.3) is 0 Å². The molecule has 1 heterocycles. The molecule has 0 saturated carbocycles. The van der Waals surface area contributed by atoms with E-state index in [1.165, 1.54) is 76.0 Å². The van der Waals surface area contributed by atoms with E-state index in [0.717, 1.165) is 34.9 Å². The van der Waals surface area contributed by atoms with Crippen molar-refractivity contribution in [2.24, 2.45) is 0 Å². The van der Waals surface area contributed by atoms with Crippen molar-refractivity contribution in [3.8, 4) is 0 Å². The van der Waals surface area contributed by atoms with Crippen LogP contribution in [0.5, 0.6) is 0 Å². The van der Waals surface area contributed by atoms with E-state index < -0.39 is 6.09 Å². The summed E-state index contributed by atoms with van der Waals surface area (Å²) in [6, 6.07) is 5.43. The molecule has 1 aromatic carbocycles. The molecule has 0 aliphatic heterocycles. The number of alkyl carbamates (subject to hydrolysis) is 1. The zero-order valence-electron chi connectivity index (χ0n) is 25.4. The summed E-state index contributed by atoms with van der Waals surface area (Å²) in [5, 5.41) is 4.45. The van der Waals surface area contributed by atoms with E-state index in [9.17, 15) is 9.59 Å². The van der Waals surface area contributed by atoms with Crippen LogP contribution in [0.4, 0.5) is 4.79 Å². The molecule has 230 valence electrons. The lowest BCUT2D eigenvalue weighted by atomic mass is 10.0. The van der Waals surface area contributed by atoms with Crippen molar-refractivity contribution in [1.29, 1.82) is 0 Å². The number of rotatable bonds is 20. The van der Waals surface area contributed by atoms with Gasteiger partial charge < -0.3 is 9.30 Å². The van der Waals surface area contributed by atoms with Gasteiger partial charge in [-0.3, -0.25) is 10.1 Å². The van der Waals surface area contributed by atoms with Gasteiger partial charge in [-0.15, -0.1) is 0 Å². The van der Waals surface area contributed by atoms with E-state index in [1.807, 2.05) is 23.6 Å². The van der Waals surface area contributed by atoms with Crippen molar-refractivity contribution < 1.29 is 14.3 Å². The van der Waals surface area contributed by atoms with E-state index in [-0.39, 0.29) is 18.4 Å². The van der Waals surface area contributed by atoms with E-state index in [2.05, 4.69) is 26.1 Å². The number of benzene rings is 1. The standard InChI is InChI=1S/C32H49Cl2N3O3S/c1-5-7-8-9-10-11-12-13-14-15-16-17-18-19-29(38)36-32(39)40-23-28-35-30(24(3)4)31(37(28)6-2)41-27-21-25(33)20-26(34)22-27/h20-22,24H,5-19,23H2,1-4H3,(H,36,38,39). The molecule has 0 aliphatic rings. The van der Waals surface area contributed by atoms with E-state index in [1.54, 1.807) is 6.07 Å². The number of aromatic nitrogens is 2. The molecule has 0 radical (unpaired) electrons. The predicted molar refractivity (Wildman–Crippen MR) is 171 cm³/mol. The Labute approximate surface area is 261 Å². The predicted octanol–water partition coefficient (Wildman–Crippen LogP) is 10.7. The van der Waals surface area contributed by atoms with E-state index >= 15 is 0 Å². The smallest absolute Gasteiger partial charge is 0.414 e. The molecular formula is C32H49Cl2N3O3S. The molecule has 2 amide bonds. The van der Waals surface area contributed by atoms with Crippen LogP contribution in [0.15, 0.2) is 28.1 Å². The van der Waals surface area contributed by atoms with Gasteiger partial charge in [0, 0.05) is 27.9 Å². The third kappa shape index (κ3) is 13.9. The highest BCUT2D eigenvalue weighted by Gasteiger charge is 2.21. The number of nitrogens with zero attached hydrogens (tertiary/aromatic N) is 2. The second-order valence-electron chi connectivity index (χ2n) is 10.9. The lowest BCUT2D eigenvalue weighted by Crippen LogP contribution is -2.31. The SMILES string of the molecule is CCCCCCCCCCCCCCCC(=O)NC(=O)OCc1nc(C(C)C)c(Sc2cc(Cl)cc(Cl)c2)n1CC. The molecule has 41 heavy (non-hydrogen) atoms. The number of carbonyl (C=O) groups excluding carboxylic acids is 2. The zero-order valence-corrected chi connectivity index (χ0v) is 27.7. The van der Waals surface area contributed by atoms with Gasteiger partial charge in [0.15, 0.2) is 6.61 Å². The summed E-state index contributed by atoms with van der Waals surface area (Å²) in [4.78, 5) is 30.2. The Bertz CT molecular complexity index is 1050. The van der Waals surface area contributed by atoms with Crippen molar-refractivity contribution in [2.45, 2.75) is 147 Å². The van der Waals surface area contributed by atoms with Gasteiger partial charge in [-0.05, 0) is 37.5 Å². The van der Waals surface area contributed by atoms with Gasteiger partial charge in [-0.1, -0.05) is 133 Å². The van der Waals surface area contributed by atoms with Crippen LogP contribution in [0.3, 0.4) is 0 Å². The molecule has 0 atom stereocenters. The Balaban J connectivity index is 1.71. The fourth-order valence-corrected chi connectivity index (χ4v) is 6.75. The Kier molecular flexibility index (Phi) is 17.5. The second-order valence-corrected chi connectivity index (χ2v) is 12.9. The zero-order chi connectivity index (χ0) is 30.0. The van der Waals surface area contributed by atoms with Crippen LogP contribution in [0, 0.1) is 0 Å². The maximum atomic E-state index is 12.3. The maximum Gasteiger partial charge on any atom is 0.414 e. The van der Waals surface area contributed by atoms with Crippen LogP contribution in [0.2, 0.25) is 10.0 Å². The summed E-state index contributed by atoms with van der Waals surface area (Å²) in [5.74, 6) is 0.495. The lowest BCUT2D eigenvalue weighted by molar-refractivity contribution is -0.120. The molecule has 9 heteroatoms. The average Bonchev–Trinajstić information content (AvgIpc) is 3.26. The molecule has 0 saturated heterocycles. The van der Waals surface area contributed by atoms with Gasteiger partial charge in [-0.25, -0.2) is 9.78 Å². The Morgan fingerprint density at radius 1 is 0.878 bits per heavy atom. The number of carbonyl (C=O) groups is 2. The van der Waals surface area contributed by atoms with Crippen molar-refractivity contribution in [2.75, 3.05) is 0 Å². The monoisotopic (exact) mass is 625 g/mol. The third-order valence-corrected chi connectivity index (χ3v) is 8.55. The minimum absolute atomic E-state index is 0.0255. The molecule has 2 rings (SSSR count). The summed E-state index contributed by atoms with van der Waals surface area (Å²) in [6.45, 7) is 9.04. The number of halogens is 2. The van der Waals surface area contributed by atoms with E-state index in [4.69, 9.17) is 32.9 Å². The van der Waals surface area contributed by atoms with Gasteiger partial charge in [0.1, 0.15) is 10.9 Å². The summed E-state index contributed by atoms with van der Waals surface area (Å²) in [6.07, 6.45) is 15.8. The van der Waals surface area contributed by atoms with Gasteiger partial charge in [0.2, 0.25) is 5.91 Å². The molecule has 0 bridgehead atoms. The normalized spacial score (nSPS) is 11.3. The number of amides is 2. The van der Waals surface area contributed by atoms with Crippen molar-refractivity contribution in [1.82, 2.24) is 14.9 Å². The highest BCUT2D eigenvalue weighted by atomic mass is 35.5. The summed E-state index contributed by atoms with van der Waals surface area (Å²) in [5.41, 5.74) is 0.908. The first-order valence-electron chi connectivity index (χ1n) is 15.4. The molecule has 1 N–H and O–H groups in total. The molecule has 0 fully saturated rings. The topological polar surface area (TPSA) is 73.2 Å². The molecule has 0 aliphatic carbocycles. The van der Waals surface area contributed by atoms with Crippen LogP contribution in [-0.2, 0) is 22.7 Å². The summed E-state index contributed by atoms with van der Waals surface area (Å²) >= 11 is 13.9. The number of imide groups is 1. The molecular weight excluding hydrogens is 577 g/mol. The Morgan fingerprint density at radius 2 is 1.41 bits per heavy atom. The Hall–Kier alpha value is -1.70. The van der Waals surface area contributed by atoms with Gasteiger partial charge in [-0.2, -0.15) is 0 Å². The highest BCUT2D eigenvalue weighted by Crippen LogP contribution is 2.37. The number of unbranched alkanes of at least 4 members (excludes halogenated alkanes) is 12. The van der Waals surface area contributed by atoms with E-state index in [0.29, 0.717) is 28.8 Å². The van der Waals surface area contributed by atoms with Crippen LogP contribution in [0.1, 0.15) is 135 Å². The summed E-state index contributed by atoms with van der Waals surface area (Å²) in [7, 11) is 0. The van der Waals surface area contributed by atoms with Crippen molar-refractivity contribution >= 4 is 47.0 Å². The van der Waals surface area contributed by atoms with Crippen LogP contribution in [-0.4, -0.2) is 21.6 Å². The average molecular weight is 627 g/mol. The van der Waals surface area contributed by atoms with Gasteiger partial charge >= 0.3 is 6.09 Å². The minimum atomic E-state index is -0.739. The van der Waals surface area contributed by atoms with Crippen molar-refractivity contribution in [3.63, 3.8) is 0 Å². The number of hydrogen-bond donors (Lipinski definition) is 1. The molecule has 2 aromatic rings. The first-order chi connectivity index (χ1) is 19.7. The molecule has 0 unspecified atom stereocenters. The molecule has 0 spiro atoms. The molecule has 6 nitrogen and oxygen atoms in total. The fraction of sp³-hybridized carbons (Fsp3) is 0.656. The number of imidazole rings is 1. The van der Waals surface area contributed by atoms with Gasteiger partial charge in [0.05, 0.1) is 5.69 Å². The first-order valence-corrected chi connectivity index (χ1v) is 17.0. The third-order valence-electron chi connectivity index (χ3n) is 7.02. The second kappa shape index (κ2) is 20.2. The largest absolute Gasteiger partial charge is 0.441 e. The number of nitrogens with one attached hydrogen (secondary N) is 1. The Morgan fingerprint density at radius 3 is 1.93 bits per heavy atom. The highest BCUT2D eigenvalue weighted by molar-refractivity contribution is 7.99. The first kappa shape index (κ1) is 35.5. The van der Waals surface area contributed by atoms with Crippen LogP contribution >= 0.6 is 35.0 Å². The number of hydrogen-bond acceptors (Lipinski definition) is 5. The van der Waals surface area contributed by atoms with Crippen molar-refractivity contribution in [3.05, 3.63) is 39.8 Å². The number of ether oxygens (including phenoxy) is 1. The fourth-order valence-electron chi connectivity index (χ4n) is 4.77. The maximum absolute atomic E-state index is 12.3. The quantitative estimate of drug-likeness (QED) is 0.148. The minimum Gasteiger partial charge on any atom is -0.441 e. The molecule has 1 aromatic heterocycles. The lowest BCUT2D eigenvalue weighted by Gasteiger charge is -2.12. The van der Waals surface area contributed by atoms with Crippen LogP contribution in [0.25, 0.3) is 0 Å².